The Bertz CT molecular complexity index is 948. The first-order valence-electron chi connectivity index (χ1n) is 9.58. The first-order chi connectivity index (χ1) is 13.6. The molecule has 1 aliphatic rings. The van der Waals surface area contributed by atoms with Gasteiger partial charge in [0, 0.05) is 5.56 Å². The third kappa shape index (κ3) is 3.58. The SMILES string of the molecule is COc1cccc([C@H](c2sc3nc(C)nn3c2O)[NH+]2CC[NH+](CCO)CC2)c1. The number of rotatable bonds is 6. The number of piperazine rings is 1. The molecule has 0 spiro atoms. The number of aliphatic hydroxyl groups is 1. The summed E-state index contributed by atoms with van der Waals surface area (Å²) in [7, 11) is 1.67. The van der Waals surface area contributed by atoms with Crippen LogP contribution >= 0.6 is 11.3 Å². The van der Waals surface area contributed by atoms with E-state index in [1.54, 1.807) is 7.11 Å². The number of quaternary nitrogens is 2. The largest absolute Gasteiger partial charge is 0.497 e. The van der Waals surface area contributed by atoms with Crippen molar-refractivity contribution in [3.05, 3.63) is 40.5 Å². The highest BCUT2D eigenvalue weighted by molar-refractivity contribution is 7.17. The fourth-order valence-electron chi connectivity index (χ4n) is 4.05. The van der Waals surface area contributed by atoms with E-state index in [-0.39, 0.29) is 18.5 Å². The lowest BCUT2D eigenvalue weighted by molar-refractivity contribution is -1.02. The average Bonchev–Trinajstić information content (AvgIpc) is 3.21. The molecule has 0 saturated carbocycles. The zero-order valence-corrected chi connectivity index (χ0v) is 17.0. The monoisotopic (exact) mass is 405 g/mol. The third-order valence-corrected chi connectivity index (χ3v) is 6.55. The lowest BCUT2D eigenvalue weighted by atomic mass is 10.0. The summed E-state index contributed by atoms with van der Waals surface area (Å²) in [6, 6.07) is 8.05. The van der Waals surface area contributed by atoms with Crippen molar-refractivity contribution in [3.63, 3.8) is 0 Å². The number of aliphatic hydroxyl groups excluding tert-OH is 1. The van der Waals surface area contributed by atoms with Crippen molar-refractivity contribution >= 4 is 16.3 Å². The molecule has 1 aromatic carbocycles. The van der Waals surface area contributed by atoms with Gasteiger partial charge >= 0.3 is 0 Å². The molecule has 28 heavy (non-hydrogen) atoms. The van der Waals surface area contributed by atoms with E-state index < -0.39 is 0 Å². The Kier molecular flexibility index (Phi) is 5.49. The molecule has 1 atom stereocenters. The van der Waals surface area contributed by atoms with Crippen molar-refractivity contribution in [1.29, 1.82) is 0 Å². The maximum absolute atomic E-state index is 10.9. The van der Waals surface area contributed by atoms with Crippen molar-refractivity contribution in [3.8, 4) is 11.6 Å². The van der Waals surface area contributed by atoms with Crippen LogP contribution in [0, 0.1) is 6.92 Å². The lowest BCUT2D eigenvalue weighted by Crippen LogP contribution is -3.28. The van der Waals surface area contributed by atoms with Gasteiger partial charge in [-0.25, -0.2) is 4.98 Å². The van der Waals surface area contributed by atoms with Gasteiger partial charge in [-0.2, -0.15) is 4.52 Å². The topological polar surface area (TPSA) is 88.8 Å². The van der Waals surface area contributed by atoms with Gasteiger partial charge in [-0.15, -0.1) is 5.10 Å². The molecule has 0 unspecified atom stereocenters. The summed E-state index contributed by atoms with van der Waals surface area (Å²) in [5.41, 5.74) is 1.11. The van der Waals surface area contributed by atoms with Crippen LogP contribution in [0.25, 0.3) is 4.96 Å². The maximum atomic E-state index is 10.9. The predicted octanol–water partition coefficient (Wildman–Crippen LogP) is -1.32. The summed E-state index contributed by atoms with van der Waals surface area (Å²) >= 11 is 1.50. The molecule has 4 N–H and O–H groups in total. The van der Waals surface area contributed by atoms with Crippen molar-refractivity contribution in [2.75, 3.05) is 46.4 Å². The van der Waals surface area contributed by atoms with Gasteiger partial charge in [-0.1, -0.05) is 23.5 Å². The minimum Gasteiger partial charge on any atom is -0.497 e. The summed E-state index contributed by atoms with van der Waals surface area (Å²) in [5, 5.41) is 24.5. The summed E-state index contributed by atoms with van der Waals surface area (Å²) in [4.78, 5) is 8.84. The number of aromatic nitrogens is 3. The van der Waals surface area contributed by atoms with Crippen LogP contribution < -0.4 is 14.5 Å². The number of aryl methyl sites for hydroxylation is 1. The van der Waals surface area contributed by atoms with E-state index in [1.807, 2.05) is 25.1 Å². The molecule has 0 aliphatic carbocycles. The van der Waals surface area contributed by atoms with E-state index in [9.17, 15) is 10.2 Å². The molecule has 0 radical (unpaired) electrons. The number of ether oxygens (including phenoxy) is 1. The Morgan fingerprint density at radius 2 is 2.07 bits per heavy atom. The lowest BCUT2D eigenvalue weighted by Gasteiger charge is -2.34. The summed E-state index contributed by atoms with van der Waals surface area (Å²) in [5.74, 6) is 1.63. The molecule has 1 saturated heterocycles. The van der Waals surface area contributed by atoms with Gasteiger partial charge < -0.3 is 24.7 Å². The number of thiazole rings is 1. The third-order valence-electron chi connectivity index (χ3n) is 5.47. The van der Waals surface area contributed by atoms with E-state index in [1.165, 1.54) is 25.7 Å². The summed E-state index contributed by atoms with van der Waals surface area (Å²) in [6.45, 7) is 6.75. The van der Waals surface area contributed by atoms with Gasteiger partial charge in [0.2, 0.25) is 10.8 Å². The van der Waals surface area contributed by atoms with E-state index in [2.05, 4.69) is 16.1 Å². The highest BCUT2D eigenvalue weighted by Crippen LogP contribution is 2.35. The molecular weight excluding hydrogens is 378 g/mol. The molecule has 9 heteroatoms. The standard InChI is InChI=1S/C19H25N5O3S/c1-13-20-19-24(21-13)18(26)17(28-19)16(14-4-3-5-15(12-14)27-2)23-8-6-22(7-9-23)10-11-25/h3-5,12,16,25-26H,6-11H2,1-2H3/p+2/t16-/m1/s1. The zero-order chi connectivity index (χ0) is 19.7. The number of nitrogens with one attached hydrogen (secondary N) is 2. The van der Waals surface area contributed by atoms with Crippen molar-refractivity contribution < 1.29 is 24.7 Å². The van der Waals surface area contributed by atoms with Crippen molar-refractivity contribution in [2.24, 2.45) is 0 Å². The number of hydrogen-bond donors (Lipinski definition) is 4. The molecule has 1 aliphatic heterocycles. The predicted molar refractivity (Wildman–Crippen MR) is 105 cm³/mol. The molecule has 0 amide bonds. The molecule has 3 heterocycles. The Morgan fingerprint density at radius 3 is 2.75 bits per heavy atom. The van der Waals surface area contributed by atoms with E-state index in [4.69, 9.17) is 4.74 Å². The second kappa shape index (κ2) is 8.04. The first-order valence-corrected chi connectivity index (χ1v) is 10.4. The Balaban J connectivity index is 1.72. The summed E-state index contributed by atoms with van der Waals surface area (Å²) < 4.78 is 6.97. The molecule has 1 fully saturated rings. The number of aromatic hydroxyl groups is 1. The molecule has 4 rings (SSSR count). The van der Waals surface area contributed by atoms with Crippen molar-refractivity contribution in [1.82, 2.24) is 14.6 Å². The minimum atomic E-state index is -0.0143. The second-order valence-electron chi connectivity index (χ2n) is 7.23. The van der Waals surface area contributed by atoms with Crippen LogP contribution in [0.4, 0.5) is 0 Å². The van der Waals surface area contributed by atoms with Gasteiger partial charge in [-0.05, 0) is 19.1 Å². The van der Waals surface area contributed by atoms with Crippen LogP contribution in [0.3, 0.4) is 0 Å². The fraction of sp³-hybridized carbons (Fsp3) is 0.474. The minimum absolute atomic E-state index is 0.0143. The van der Waals surface area contributed by atoms with Crippen LogP contribution in [-0.4, -0.2) is 71.3 Å². The van der Waals surface area contributed by atoms with Gasteiger partial charge in [0.1, 0.15) is 49.2 Å². The van der Waals surface area contributed by atoms with Crippen LogP contribution in [0.1, 0.15) is 22.3 Å². The molecular formula is C19H27N5O3S+2. The van der Waals surface area contributed by atoms with Gasteiger partial charge in [0.25, 0.3) is 0 Å². The first kappa shape index (κ1) is 19.1. The Hall–Kier alpha value is -2.20. The number of benzene rings is 1. The smallest absolute Gasteiger partial charge is 0.235 e. The van der Waals surface area contributed by atoms with Gasteiger partial charge in [0.15, 0.2) is 6.04 Å². The van der Waals surface area contributed by atoms with Crippen LogP contribution in [0.15, 0.2) is 24.3 Å². The van der Waals surface area contributed by atoms with Crippen molar-refractivity contribution in [2.45, 2.75) is 13.0 Å². The fourth-order valence-corrected chi connectivity index (χ4v) is 5.24. The number of nitrogens with zero attached hydrogens (tertiary/aromatic N) is 3. The summed E-state index contributed by atoms with van der Waals surface area (Å²) in [6.07, 6.45) is 0. The normalized spacial score (nSPS) is 21.1. The van der Waals surface area contributed by atoms with Crippen LogP contribution in [0.5, 0.6) is 11.6 Å². The number of fused-ring (bicyclic) bond motifs is 1. The van der Waals surface area contributed by atoms with Crippen LogP contribution in [0.2, 0.25) is 0 Å². The van der Waals surface area contributed by atoms with E-state index >= 15 is 0 Å². The maximum Gasteiger partial charge on any atom is 0.235 e. The van der Waals surface area contributed by atoms with E-state index in [0.29, 0.717) is 10.8 Å². The van der Waals surface area contributed by atoms with Crippen LogP contribution in [-0.2, 0) is 0 Å². The quantitative estimate of drug-likeness (QED) is 0.409. The van der Waals surface area contributed by atoms with E-state index in [0.717, 1.165) is 48.9 Å². The Labute approximate surface area is 167 Å². The molecule has 8 nitrogen and oxygen atoms in total. The molecule has 3 aromatic rings. The van der Waals surface area contributed by atoms with Gasteiger partial charge in [-0.3, -0.25) is 0 Å². The highest BCUT2D eigenvalue weighted by atomic mass is 32.1. The average molecular weight is 406 g/mol. The second-order valence-corrected chi connectivity index (χ2v) is 8.24. The molecule has 150 valence electrons. The molecule has 0 bridgehead atoms. The highest BCUT2D eigenvalue weighted by Gasteiger charge is 2.36. The van der Waals surface area contributed by atoms with Gasteiger partial charge in [0.05, 0.1) is 13.7 Å². The number of hydrogen-bond acceptors (Lipinski definition) is 6. The Morgan fingerprint density at radius 1 is 1.29 bits per heavy atom. The number of methoxy groups -OCH3 is 1. The zero-order valence-electron chi connectivity index (χ0n) is 16.2. The molecule has 2 aromatic heterocycles.